The molecule has 2 aromatic rings. The molecular weight excluding hydrogens is 249 g/mol. The monoisotopic (exact) mass is 269 g/mol. The fourth-order valence-electron chi connectivity index (χ4n) is 3.01. The van der Waals surface area contributed by atoms with Crippen LogP contribution < -0.4 is 5.32 Å². The molecule has 0 unspecified atom stereocenters. The second kappa shape index (κ2) is 5.76. The lowest BCUT2D eigenvalue weighted by atomic mass is 9.89. The molecule has 0 aliphatic heterocycles. The van der Waals surface area contributed by atoms with Gasteiger partial charge in [-0.3, -0.25) is 0 Å². The van der Waals surface area contributed by atoms with Crippen LogP contribution in [0.4, 0.5) is 4.39 Å². The highest BCUT2D eigenvalue weighted by Gasteiger charge is 2.12. The first kappa shape index (κ1) is 13.3. The molecule has 0 radical (unpaired) electrons. The van der Waals surface area contributed by atoms with Crippen LogP contribution >= 0.6 is 0 Å². The highest BCUT2D eigenvalue weighted by Crippen LogP contribution is 2.29. The van der Waals surface area contributed by atoms with E-state index in [1.54, 1.807) is 6.07 Å². The predicted molar refractivity (Wildman–Crippen MR) is 81.2 cm³/mol. The lowest BCUT2D eigenvalue weighted by Crippen LogP contribution is -2.05. The zero-order valence-electron chi connectivity index (χ0n) is 11.9. The molecule has 0 spiro atoms. The van der Waals surface area contributed by atoms with Gasteiger partial charge in [0.05, 0.1) is 0 Å². The van der Waals surface area contributed by atoms with E-state index in [4.69, 9.17) is 0 Å². The zero-order chi connectivity index (χ0) is 13.9. The first-order valence-corrected chi connectivity index (χ1v) is 7.33. The maximum absolute atomic E-state index is 14.1. The van der Waals surface area contributed by atoms with Gasteiger partial charge in [0.15, 0.2) is 0 Å². The van der Waals surface area contributed by atoms with Crippen LogP contribution in [0, 0.1) is 5.82 Å². The second-order valence-corrected chi connectivity index (χ2v) is 5.54. The first-order chi connectivity index (χ1) is 9.78. The van der Waals surface area contributed by atoms with Crippen LogP contribution in [0.3, 0.4) is 0 Å². The SMILES string of the molecule is CNCc1ccc(F)c(-c2ccc3c(c2)CCCC3)c1. The lowest BCUT2D eigenvalue weighted by molar-refractivity contribution is 0.629. The average Bonchev–Trinajstić information content (AvgIpc) is 2.49. The van der Waals surface area contributed by atoms with E-state index in [1.165, 1.54) is 24.0 Å². The Morgan fingerprint density at radius 1 is 1.00 bits per heavy atom. The number of hydrogen-bond acceptors (Lipinski definition) is 1. The molecule has 0 fully saturated rings. The van der Waals surface area contributed by atoms with Crippen molar-refractivity contribution in [3.8, 4) is 11.1 Å². The van der Waals surface area contributed by atoms with E-state index < -0.39 is 0 Å². The molecule has 1 aliphatic carbocycles. The van der Waals surface area contributed by atoms with Crippen molar-refractivity contribution in [2.24, 2.45) is 0 Å². The van der Waals surface area contributed by atoms with Crippen molar-refractivity contribution in [1.29, 1.82) is 0 Å². The van der Waals surface area contributed by atoms with Gasteiger partial charge in [0.25, 0.3) is 0 Å². The Morgan fingerprint density at radius 2 is 1.80 bits per heavy atom. The summed E-state index contributed by atoms with van der Waals surface area (Å²) in [6.07, 6.45) is 4.82. The average molecular weight is 269 g/mol. The van der Waals surface area contributed by atoms with Gasteiger partial charge in [-0.05, 0) is 67.1 Å². The highest BCUT2D eigenvalue weighted by molar-refractivity contribution is 5.66. The number of aryl methyl sites for hydroxylation is 2. The van der Waals surface area contributed by atoms with Gasteiger partial charge in [-0.1, -0.05) is 24.3 Å². The summed E-state index contributed by atoms with van der Waals surface area (Å²) in [5.41, 5.74) is 5.66. The Morgan fingerprint density at radius 3 is 2.60 bits per heavy atom. The number of hydrogen-bond donors (Lipinski definition) is 1. The summed E-state index contributed by atoms with van der Waals surface area (Å²) >= 11 is 0. The number of rotatable bonds is 3. The van der Waals surface area contributed by atoms with Crippen molar-refractivity contribution < 1.29 is 4.39 Å². The van der Waals surface area contributed by atoms with Gasteiger partial charge in [0, 0.05) is 12.1 Å². The molecule has 1 aliphatic rings. The summed E-state index contributed by atoms with van der Waals surface area (Å²) in [6, 6.07) is 11.8. The Bertz CT molecular complexity index is 619. The normalized spacial score (nSPS) is 14.1. The van der Waals surface area contributed by atoms with E-state index in [9.17, 15) is 4.39 Å². The predicted octanol–water partition coefficient (Wildman–Crippen LogP) is 4.09. The van der Waals surface area contributed by atoms with Gasteiger partial charge in [-0.15, -0.1) is 0 Å². The standard InChI is InChI=1S/C18H20FN/c1-20-12-13-6-9-18(19)17(10-13)16-8-7-14-4-2-3-5-15(14)11-16/h6-11,20H,2-5,12H2,1H3. The molecule has 0 bridgehead atoms. The first-order valence-electron chi connectivity index (χ1n) is 7.33. The molecule has 1 nitrogen and oxygen atoms in total. The topological polar surface area (TPSA) is 12.0 Å². The van der Waals surface area contributed by atoms with E-state index in [2.05, 4.69) is 23.5 Å². The minimum atomic E-state index is -0.138. The largest absolute Gasteiger partial charge is 0.316 e. The Kier molecular flexibility index (Phi) is 3.83. The van der Waals surface area contributed by atoms with E-state index in [0.717, 1.165) is 30.5 Å². The van der Waals surface area contributed by atoms with Crippen LogP contribution in [-0.2, 0) is 19.4 Å². The fourth-order valence-corrected chi connectivity index (χ4v) is 3.01. The molecule has 0 amide bonds. The highest BCUT2D eigenvalue weighted by atomic mass is 19.1. The summed E-state index contributed by atoms with van der Waals surface area (Å²) in [5.74, 6) is -0.138. The maximum atomic E-state index is 14.1. The summed E-state index contributed by atoms with van der Waals surface area (Å²) in [7, 11) is 1.90. The van der Waals surface area contributed by atoms with E-state index >= 15 is 0 Å². The molecule has 3 rings (SSSR count). The van der Waals surface area contributed by atoms with Crippen molar-refractivity contribution in [2.75, 3.05) is 7.05 Å². The summed E-state index contributed by atoms with van der Waals surface area (Å²) in [4.78, 5) is 0. The Balaban J connectivity index is 2.01. The summed E-state index contributed by atoms with van der Waals surface area (Å²) in [6.45, 7) is 0.762. The van der Waals surface area contributed by atoms with Crippen LogP contribution in [0.1, 0.15) is 29.5 Å². The lowest BCUT2D eigenvalue weighted by Gasteiger charge is -2.17. The van der Waals surface area contributed by atoms with Crippen molar-refractivity contribution in [3.05, 3.63) is 58.9 Å². The van der Waals surface area contributed by atoms with Gasteiger partial charge in [0.1, 0.15) is 5.82 Å². The van der Waals surface area contributed by atoms with Gasteiger partial charge < -0.3 is 5.32 Å². The van der Waals surface area contributed by atoms with Gasteiger partial charge in [-0.2, -0.15) is 0 Å². The minimum Gasteiger partial charge on any atom is -0.316 e. The van der Waals surface area contributed by atoms with Crippen LogP contribution in [-0.4, -0.2) is 7.05 Å². The van der Waals surface area contributed by atoms with Gasteiger partial charge in [0.2, 0.25) is 0 Å². The molecular formula is C18H20FN. The van der Waals surface area contributed by atoms with Gasteiger partial charge in [-0.25, -0.2) is 4.39 Å². The molecule has 20 heavy (non-hydrogen) atoms. The smallest absolute Gasteiger partial charge is 0.131 e. The van der Waals surface area contributed by atoms with E-state index in [1.807, 2.05) is 19.2 Å². The zero-order valence-corrected chi connectivity index (χ0v) is 11.9. The summed E-state index contributed by atoms with van der Waals surface area (Å²) < 4.78 is 14.1. The number of halogens is 1. The molecule has 0 atom stereocenters. The van der Waals surface area contributed by atoms with Crippen LogP contribution in [0.2, 0.25) is 0 Å². The number of nitrogens with one attached hydrogen (secondary N) is 1. The molecule has 2 aromatic carbocycles. The van der Waals surface area contributed by atoms with Crippen molar-refractivity contribution >= 4 is 0 Å². The molecule has 1 N–H and O–H groups in total. The Hall–Kier alpha value is -1.67. The van der Waals surface area contributed by atoms with Crippen LogP contribution in [0.25, 0.3) is 11.1 Å². The molecule has 0 aromatic heterocycles. The molecule has 0 saturated carbocycles. The molecule has 104 valence electrons. The number of benzene rings is 2. The van der Waals surface area contributed by atoms with Gasteiger partial charge >= 0.3 is 0 Å². The second-order valence-electron chi connectivity index (χ2n) is 5.54. The van der Waals surface area contributed by atoms with E-state index in [0.29, 0.717) is 5.56 Å². The Labute approximate surface area is 119 Å². The van der Waals surface area contributed by atoms with Crippen molar-refractivity contribution in [3.63, 3.8) is 0 Å². The molecule has 2 heteroatoms. The van der Waals surface area contributed by atoms with Crippen LogP contribution in [0.5, 0.6) is 0 Å². The fraction of sp³-hybridized carbons (Fsp3) is 0.333. The van der Waals surface area contributed by atoms with Crippen molar-refractivity contribution in [1.82, 2.24) is 5.32 Å². The third-order valence-corrected chi connectivity index (χ3v) is 4.07. The maximum Gasteiger partial charge on any atom is 0.131 e. The van der Waals surface area contributed by atoms with E-state index in [-0.39, 0.29) is 5.82 Å². The quantitative estimate of drug-likeness (QED) is 0.885. The van der Waals surface area contributed by atoms with Crippen molar-refractivity contribution in [2.45, 2.75) is 32.2 Å². The third-order valence-electron chi connectivity index (χ3n) is 4.07. The number of fused-ring (bicyclic) bond motifs is 1. The van der Waals surface area contributed by atoms with Crippen LogP contribution in [0.15, 0.2) is 36.4 Å². The molecule has 0 heterocycles. The summed E-state index contributed by atoms with van der Waals surface area (Å²) in [5, 5.41) is 3.11. The minimum absolute atomic E-state index is 0.138. The third kappa shape index (κ3) is 2.61. The molecule has 0 saturated heterocycles.